The van der Waals surface area contributed by atoms with Gasteiger partial charge in [0, 0.05) is 16.8 Å². The van der Waals surface area contributed by atoms with Crippen molar-refractivity contribution in [1.82, 2.24) is 4.98 Å². The first-order chi connectivity index (χ1) is 13.5. The van der Waals surface area contributed by atoms with E-state index in [1.807, 2.05) is 39.0 Å². The molecule has 3 rings (SSSR count). The number of carbonyl (C=O) groups excluding carboxylic acids is 2. The van der Waals surface area contributed by atoms with Crippen LogP contribution in [0.5, 0.6) is 0 Å². The summed E-state index contributed by atoms with van der Waals surface area (Å²) in [5.41, 5.74) is 10.8. The molecule has 2 aromatic rings. The molecule has 1 aliphatic rings. The topological polar surface area (TPSA) is 99.1 Å². The van der Waals surface area contributed by atoms with E-state index in [0.29, 0.717) is 21.8 Å². The molecule has 0 saturated heterocycles. The van der Waals surface area contributed by atoms with Crippen LogP contribution >= 0.6 is 11.6 Å². The molecular weight excluding hydrogens is 386 g/mol. The zero-order valence-electron chi connectivity index (χ0n) is 16.6. The van der Waals surface area contributed by atoms with E-state index in [0.717, 1.165) is 0 Å². The molecule has 0 aliphatic heterocycles. The molecular formula is C23H24ClN3O2. The highest BCUT2D eigenvalue weighted by Gasteiger charge is 2.48. The first-order valence-corrected chi connectivity index (χ1v) is 9.63. The molecule has 0 atom stereocenters. The van der Waals surface area contributed by atoms with E-state index >= 15 is 0 Å². The van der Waals surface area contributed by atoms with Crippen LogP contribution in [0.2, 0.25) is 5.02 Å². The predicted molar refractivity (Wildman–Crippen MR) is 115 cm³/mol. The molecule has 29 heavy (non-hydrogen) atoms. The molecule has 1 aromatic heterocycles. The summed E-state index contributed by atoms with van der Waals surface area (Å²) in [4.78, 5) is 29.2. The second kappa shape index (κ2) is 7.16. The van der Waals surface area contributed by atoms with Gasteiger partial charge in [-0.25, -0.2) is 0 Å². The lowest BCUT2D eigenvalue weighted by atomic mass is 9.61. The molecule has 0 fully saturated rings. The van der Waals surface area contributed by atoms with Crippen molar-refractivity contribution in [1.29, 1.82) is 0 Å². The number of amides is 2. The Hall–Kier alpha value is -2.92. The van der Waals surface area contributed by atoms with Gasteiger partial charge in [-0.2, -0.15) is 0 Å². The number of rotatable bonds is 4. The number of nitrogens with zero attached hydrogens (tertiary/aromatic N) is 1. The van der Waals surface area contributed by atoms with Gasteiger partial charge in [-0.1, -0.05) is 68.8 Å². The summed E-state index contributed by atoms with van der Waals surface area (Å²) in [5, 5.41) is 0.511. The standard InChI is InChI=1S/C23H24ClN3O2/c1-21(2,3)23(20(26)29)11-9-22(10-12-23,19(25)28)15-7-8-17(24)16(14-15)18-6-4-5-13-27-18/h4-14H,1-3H3,(H2,25,28)(H2,26,29). The van der Waals surface area contributed by atoms with Gasteiger partial charge in [0.05, 0.1) is 11.1 Å². The first-order valence-electron chi connectivity index (χ1n) is 9.25. The van der Waals surface area contributed by atoms with E-state index in [1.165, 1.54) is 0 Å². The van der Waals surface area contributed by atoms with Crippen molar-refractivity contribution in [3.05, 3.63) is 77.5 Å². The van der Waals surface area contributed by atoms with Gasteiger partial charge >= 0.3 is 0 Å². The molecule has 4 N–H and O–H groups in total. The zero-order chi connectivity index (χ0) is 21.4. The van der Waals surface area contributed by atoms with Crippen LogP contribution in [-0.2, 0) is 15.0 Å². The van der Waals surface area contributed by atoms with Crippen molar-refractivity contribution in [3.63, 3.8) is 0 Å². The Morgan fingerprint density at radius 2 is 1.62 bits per heavy atom. The number of nitrogens with two attached hydrogens (primary N) is 2. The van der Waals surface area contributed by atoms with Crippen molar-refractivity contribution in [3.8, 4) is 11.3 Å². The lowest BCUT2D eigenvalue weighted by Gasteiger charge is -2.41. The fraction of sp³-hybridized carbons (Fsp3) is 0.261. The highest BCUT2D eigenvalue weighted by atomic mass is 35.5. The van der Waals surface area contributed by atoms with Crippen LogP contribution in [-0.4, -0.2) is 16.8 Å². The Balaban J connectivity index is 2.16. The van der Waals surface area contributed by atoms with Crippen LogP contribution in [0.3, 0.4) is 0 Å². The Kier molecular flexibility index (Phi) is 5.13. The van der Waals surface area contributed by atoms with E-state index in [-0.39, 0.29) is 0 Å². The van der Waals surface area contributed by atoms with E-state index in [9.17, 15) is 9.59 Å². The lowest BCUT2D eigenvalue weighted by molar-refractivity contribution is -0.127. The summed E-state index contributed by atoms with van der Waals surface area (Å²) in [7, 11) is 0. The Morgan fingerprint density at radius 3 is 2.10 bits per heavy atom. The van der Waals surface area contributed by atoms with Gasteiger partial charge in [0.15, 0.2) is 0 Å². The average Bonchev–Trinajstić information content (AvgIpc) is 2.68. The normalized spacial score (nSPS) is 23.7. The largest absolute Gasteiger partial charge is 0.369 e. The number of benzene rings is 1. The van der Waals surface area contributed by atoms with Crippen molar-refractivity contribution >= 4 is 23.4 Å². The summed E-state index contributed by atoms with van der Waals surface area (Å²) >= 11 is 6.39. The maximum atomic E-state index is 12.6. The number of hydrogen-bond acceptors (Lipinski definition) is 3. The Bertz CT molecular complexity index is 1010. The Morgan fingerprint density at radius 1 is 0.966 bits per heavy atom. The molecule has 0 spiro atoms. The molecule has 5 nitrogen and oxygen atoms in total. The second-order valence-electron chi connectivity index (χ2n) is 8.29. The number of primary amides is 2. The quantitative estimate of drug-likeness (QED) is 0.751. The SMILES string of the molecule is CC(C)(C)C1(C(N)=O)C=CC(C(N)=O)(c2ccc(Cl)c(-c3ccccn3)c2)C=C1. The minimum absolute atomic E-state index is 0.477. The summed E-state index contributed by atoms with van der Waals surface area (Å²) < 4.78 is 0. The van der Waals surface area contributed by atoms with Crippen molar-refractivity contribution in [2.24, 2.45) is 22.3 Å². The summed E-state index contributed by atoms with van der Waals surface area (Å²) in [5.74, 6) is -1.05. The third-order valence-corrected chi connectivity index (χ3v) is 5.99. The number of aromatic nitrogens is 1. The molecule has 0 radical (unpaired) electrons. The van der Waals surface area contributed by atoms with Crippen LogP contribution < -0.4 is 11.5 Å². The third kappa shape index (κ3) is 3.36. The fourth-order valence-electron chi connectivity index (χ4n) is 3.67. The zero-order valence-corrected chi connectivity index (χ0v) is 17.4. The molecule has 150 valence electrons. The van der Waals surface area contributed by atoms with Gasteiger partial charge in [0.1, 0.15) is 5.41 Å². The number of pyridine rings is 1. The highest BCUT2D eigenvalue weighted by Crippen LogP contribution is 2.47. The molecule has 2 amide bonds. The summed E-state index contributed by atoms with van der Waals surface area (Å²) in [6, 6.07) is 10.8. The van der Waals surface area contributed by atoms with Crippen molar-refractivity contribution in [2.45, 2.75) is 26.2 Å². The van der Waals surface area contributed by atoms with Gasteiger partial charge in [0.25, 0.3) is 0 Å². The van der Waals surface area contributed by atoms with Gasteiger partial charge in [-0.05, 0) is 35.2 Å². The minimum atomic E-state index is -1.22. The van der Waals surface area contributed by atoms with E-state index in [4.69, 9.17) is 23.1 Å². The molecule has 0 bridgehead atoms. The van der Waals surface area contributed by atoms with Crippen LogP contribution in [0.4, 0.5) is 0 Å². The summed E-state index contributed by atoms with van der Waals surface area (Å²) in [6.07, 6.45) is 8.38. The van der Waals surface area contributed by atoms with Gasteiger partial charge in [-0.3, -0.25) is 14.6 Å². The second-order valence-corrected chi connectivity index (χ2v) is 8.70. The number of carbonyl (C=O) groups is 2. The fourth-order valence-corrected chi connectivity index (χ4v) is 3.89. The average molecular weight is 410 g/mol. The van der Waals surface area contributed by atoms with Crippen LogP contribution in [0.1, 0.15) is 26.3 Å². The Labute approximate surface area is 175 Å². The number of halogens is 1. The van der Waals surface area contributed by atoms with E-state index in [2.05, 4.69) is 4.98 Å². The maximum absolute atomic E-state index is 12.6. The summed E-state index contributed by atoms with van der Waals surface area (Å²) in [6.45, 7) is 5.77. The highest BCUT2D eigenvalue weighted by molar-refractivity contribution is 6.33. The van der Waals surface area contributed by atoms with Gasteiger partial charge < -0.3 is 11.5 Å². The minimum Gasteiger partial charge on any atom is -0.369 e. The smallest absolute Gasteiger partial charge is 0.235 e. The molecule has 0 unspecified atom stereocenters. The van der Waals surface area contributed by atoms with Gasteiger partial charge in [0.2, 0.25) is 11.8 Å². The van der Waals surface area contributed by atoms with E-state index in [1.54, 1.807) is 48.7 Å². The van der Waals surface area contributed by atoms with Gasteiger partial charge in [-0.15, -0.1) is 0 Å². The predicted octanol–water partition coefficient (Wildman–Crippen LogP) is 3.77. The van der Waals surface area contributed by atoms with Crippen LogP contribution in [0.25, 0.3) is 11.3 Å². The maximum Gasteiger partial charge on any atom is 0.235 e. The van der Waals surface area contributed by atoms with Crippen molar-refractivity contribution in [2.75, 3.05) is 0 Å². The van der Waals surface area contributed by atoms with Crippen molar-refractivity contribution < 1.29 is 9.59 Å². The lowest BCUT2D eigenvalue weighted by Crippen LogP contribution is -2.48. The monoisotopic (exact) mass is 409 g/mol. The first kappa shape index (κ1) is 20.8. The number of hydrogen-bond donors (Lipinski definition) is 2. The molecule has 0 saturated carbocycles. The van der Waals surface area contributed by atoms with Crippen LogP contribution in [0, 0.1) is 10.8 Å². The molecule has 1 heterocycles. The van der Waals surface area contributed by atoms with Crippen LogP contribution in [0.15, 0.2) is 66.9 Å². The molecule has 6 heteroatoms. The van der Waals surface area contributed by atoms with E-state index < -0.39 is 28.1 Å². The molecule has 1 aliphatic carbocycles. The molecule has 1 aromatic carbocycles. The third-order valence-electron chi connectivity index (χ3n) is 5.66.